The number of nitrogens with zero attached hydrogens (tertiary/aromatic N) is 1. The van der Waals surface area contributed by atoms with Gasteiger partial charge < -0.3 is 4.74 Å². The van der Waals surface area contributed by atoms with Gasteiger partial charge in [0.05, 0.1) is 5.54 Å². The van der Waals surface area contributed by atoms with Crippen molar-refractivity contribution in [1.29, 1.82) is 0 Å². The molecule has 1 saturated carbocycles. The molecule has 0 aromatic heterocycles. The van der Waals surface area contributed by atoms with Crippen molar-refractivity contribution in [3.8, 4) is 5.75 Å². The normalized spacial score (nSPS) is 15.1. The summed E-state index contributed by atoms with van der Waals surface area (Å²) in [5, 5.41) is 0. The van der Waals surface area contributed by atoms with E-state index >= 15 is 0 Å². The highest BCUT2D eigenvalue weighted by Gasteiger charge is 2.45. The molecule has 0 atom stereocenters. The molecule has 1 fully saturated rings. The zero-order valence-electron chi connectivity index (χ0n) is 11.4. The summed E-state index contributed by atoms with van der Waals surface area (Å²) in [6.07, 6.45) is 3.08. The molecule has 0 bridgehead atoms. The maximum Gasteiger partial charge on any atom is 0.235 e. The van der Waals surface area contributed by atoms with Crippen LogP contribution in [0.2, 0.25) is 0 Å². The van der Waals surface area contributed by atoms with E-state index in [1.807, 2.05) is 30.3 Å². The van der Waals surface area contributed by atoms with Crippen LogP contribution in [0.25, 0.3) is 0 Å². The lowest BCUT2D eigenvalue weighted by atomic mass is 10.1. The number of hydrogen-bond acceptors (Lipinski definition) is 3. The monoisotopic (exact) mass is 283 g/mol. The van der Waals surface area contributed by atoms with Crippen molar-refractivity contribution in [3.63, 3.8) is 0 Å². The molecule has 0 N–H and O–H groups in total. The van der Waals surface area contributed by atoms with Crippen molar-refractivity contribution in [1.82, 2.24) is 0 Å². The van der Waals surface area contributed by atoms with Crippen LogP contribution in [0.15, 0.2) is 53.5 Å². The molecule has 3 nitrogen and oxygen atoms in total. The van der Waals surface area contributed by atoms with E-state index in [0.29, 0.717) is 12.2 Å². The largest absolute Gasteiger partial charge is 0.486 e. The van der Waals surface area contributed by atoms with Gasteiger partial charge in [0.1, 0.15) is 6.61 Å². The molecule has 0 radical (unpaired) electrons. The van der Waals surface area contributed by atoms with Crippen LogP contribution in [0.1, 0.15) is 24.0 Å². The predicted octanol–water partition coefficient (Wildman–Crippen LogP) is 3.73. The minimum Gasteiger partial charge on any atom is -0.486 e. The summed E-state index contributed by atoms with van der Waals surface area (Å²) in [5.74, 6) is -0.232. The molecule has 0 saturated heterocycles. The first-order chi connectivity index (χ1) is 10.2. The number of isocyanates is 1. The Bertz CT molecular complexity index is 689. The van der Waals surface area contributed by atoms with Gasteiger partial charge in [-0.2, -0.15) is 4.99 Å². The Balaban J connectivity index is 1.75. The lowest BCUT2D eigenvalue weighted by Gasteiger charge is -2.11. The van der Waals surface area contributed by atoms with Gasteiger partial charge in [-0.25, -0.2) is 9.18 Å². The van der Waals surface area contributed by atoms with E-state index in [1.165, 1.54) is 6.07 Å². The topological polar surface area (TPSA) is 38.7 Å². The molecule has 21 heavy (non-hydrogen) atoms. The van der Waals surface area contributed by atoms with E-state index in [4.69, 9.17) is 4.74 Å². The maximum absolute atomic E-state index is 14.1. The predicted molar refractivity (Wildman–Crippen MR) is 76.2 cm³/mol. The Morgan fingerprint density at radius 1 is 1.19 bits per heavy atom. The minimum absolute atomic E-state index is 0.202. The van der Waals surface area contributed by atoms with Gasteiger partial charge in [-0.3, -0.25) is 0 Å². The Kier molecular flexibility index (Phi) is 3.55. The third-order valence-electron chi connectivity index (χ3n) is 3.69. The summed E-state index contributed by atoms with van der Waals surface area (Å²) < 4.78 is 19.6. The number of aliphatic imine (C=N–C) groups is 1. The molecule has 0 amide bonds. The van der Waals surface area contributed by atoms with E-state index in [1.54, 1.807) is 18.2 Å². The molecule has 0 heterocycles. The SMILES string of the molecule is O=C=NC1(c2ccc(OCc3ccccc3)c(F)c2)CC1. The van der Waals surface area contributed by atoms with Crippen LogP contribution in [0.4, 0.5) is 4.39 Å². The fourth-order valence-corrected chi connectivity index (χ4v) is 2.31. The minimum atomic E-state index is -0.555. The van der Waals surface area contributed by atoms with Crippen LogP contribution in [-0.2, 0) is 16.9 Å². The fraction of sp³-hybridized carbons (Fsp3) is 0.235. The molecular weight excluding hydrogens is 269 g/mol. The third-order valence-corrected chi connectivity index (χ3v) is 3.69. The van der Waals surface area contributed by atoms with Crippen LogP contribution >= 0.6 is 0 Å². The lowest BCUT2D eigenvalue weighted by Crippen LogP contribution is -2.04. The van der Waals surface area contributed by atoms with Crippen molar-refractivity contribution in [3.05, 3.63) is 65.5 Å². The summed E-state index contributed by atoms with van der Waals surface area (Å²) in [5.41, 5.74) is 1.13. The highest BCUT2D eigenvalue weighted by molar-refractivity contribution is 5.43. The second-order valence-electron chi connectivity index (χ2n) is 5.15. The molecule has 0 aliphatic heterocycles. The van der Waals surface area contributed by atoms with E-state index in [0.717, 1.165) is 18.4 Å². The van der Waals surface area contributed by atoms with Gasteiger partial charge in [0.15, 0.2) is 11.6 Å². The first-order valence-corrected chi connectivity index (χ1v) is 6.79. The quantitative estimate of drug-likeness (QED) is 0.619. The van der Waals surface area contributed by atoms with Crippen LogP contribution < -0.4 is 4.74 Å². The van der Waals surface area contributed by atoms with Gasteiger partial charge in [-0.05, 0) is 36.1 Å². The Labute approximate surface area is 122 Å². The van der Waals surface area contributed by atoms with Crippen molar-refractivity contribution in [2.75, 3.05) is 0 Å². The molecule has 2 aromatic rings. The maximum atomic E-state index is 14.1. The summed E-state index contributed by atoms with van der Waals surface area (Å²) >= 11 is 0. The molecule has 106 valence electrons. The lowest BCUT2D eigenvalue weighted by molar-refractivity contribution is 0.290. The van der Waals surface area contributed by atoms with E-state index in [9.17, 15) is 9.18 Å². The molecule has 1 aliphatic carbocycles. The van der Waals surface area contributed by atoms with Crippen molar-refractivity contribution < 1.29 is 13.9 Å². The number of ether oxygens (including phenoxy) is 1. The number of carbonyl (C=O) groups excluding carboxylic acids is 1. The van der Waals surface area contributed by atoms with Gasteiger partial charge in [0.2, 0.25) is 6.08 Å². The summed E-state index contributed by atoms with van der Waals surface area (Å²) in [6.45, 7) is 0.314. The standard InChI is InChI=1S/C17H14FNO2/c18-15-10-14(17(8-9-17)19-12-20)6-7-16(15)21-11-13-4-2-1-3-5-13/h1-7,10H,8-9,11H2. The zero-order valence-corrected chi connectivity index (χ0v) is 11.4. The van der Waals surface area contributed by atoms with Crippen LogP contribution in [0.5, 0.6) is 5.75 Å². The number of benzene rings is 2. The van der Waals surface area contributed by atoms with E-state index < -0.39 is 11.4 Å². The van der Waals surface area contributed by atoms with Gasteiger partial charge in [0, 0.05) is 0 Å². The summed E-state index contributed by atoms with van der Waals surface area (Å²) in [7, 11) is 0. The van der Waals surface area contributed by atoms with E-state index in [2.05, 4.69) is 4.99 Å². The van der Waals surface area contributed by atoms with Crippen LogP contribution in [0, 0.1) is 5.82 Å². The van der Waals surface area contributed by atoms with E-state index in [-0.39, 0.29) is 5.75 Å². The number of halogens is 1. The van der Waals surface area contributed by atoms with Crippen molar-refractivity contribution >= 4 is 6.08 Å². The molecule has 2 aromatic carbocycles. The number of hydrogen-bond donors (Lipinski definition) is 0. The summed E-state index contributed by atoms with van der Waals surface area (Å²) in [6, 6.07) is 14.3. The molecule has 4 heteroatoms. The van der Waals surface area contributed by atoms with Gasteiger partial charge in [-0.15, -0.1) is 0 Å². The first-order valence-electron chi connectivity index (χ1n) is 6.79. The third kappa shape index (κ3) is 2.86. The Hall–Kier alpha value is -2.45. The van der Waals surface area contributed by atoms with Crippen molar-refractivity contribution in [2.45, 2.75) is 25.0 Å². The molecule has 0 unspecified atom stereocenters. The molecule has 0 spiro atoms. The summed E-state index contributed by atoms with van der Waals surface area (Å²) in [4.78, 5) is 14.2. The fourth-order valence-electron chi connectivity index (χ4n) is 2.31. The van der Waals surface area contributed by atoms with Crippen LogP contribution in [0.3, 0.4) is 0 Å². The van der Waals surface area contributed by atoms with Crippen LogP contribution in [-0.4, -0.2) is 6.08 Å². The van der Waals surface area contributed by atoms with Gasteiger partial charge in [0.25, 0.3) is 0 Å². The second kappa shape index (κ2) is 5.51. The molecule has 3 rings (SSSR count). The average molecular weight is 283 g/mol. The molecule has 1 aliphatic rings. The van der Waals surface area contributed by atoms with Crippen molar-refractivity contribution in [2.24, 2.45) is 4.99 Å². The zero-order chi connectivity index (χ0) is 14.7. The smallest absolute Gasteiger partial charge is 0.235 e. The highest BCUT2D eigenvalue weighted by atomic mass is 19.1. The number of rotatable bonds is 5. The van der Waals surface area contributed by atoms with Gasteiger partial charge >= 0.3 is 0 Å². The highest BCUT2D eigenvalue weighted by Crippen LogP contribution is 2.49. The Morgan fingerprint density at radius 2 is 1.95 bits per heavy atom. The average Bonchev–Trinajstić information content (AvgIpc) is 3.28. The Morgan fingerprint density at radius 3 is 2.57 bits per heavy atom. The van der Waals surface area contributed by atoms with Gasteiger partial charge in [-0.1, -0.05) is 36.4 Å². The second-order valence-corrected chi connectivity index (χ2v) is 5.15. The molecular formula is C17H14FNO2. The first kappa shape index (κ1) is 13.5.